The Morgan fingerprint density at radius 1 is 1.14 bits per heavy atom. The molecule has 1 saturated heterocycles. The Bertz CT molecular complexity index is 355. The molecule has 2 rings (SSSR count). The summed E-state index contributed by atoms with van der Waals surface area (Å²) in [7, 11) is 0. The van der Waals surface area contributed by atoms with Gasteiger partial charge in [0.05, 0.1) is 6.61 Å². The fraction of sp³-hybridized carbons (Fsp3) is 0.588. The van der Waals surface area contributed by atoms with E-state index in [1.54, 1.807) is 0 Å². The molecular formula is C17H27MoN2O-. The predicted molar refractivity (Wildman–Crippen MR) is 83.7 cm³/mol. The minimum Gasteiger partial charge on any atom is -0.412 e. The summed E-state index contributed by atoms with van der Waals surface area (Å²) >= 11 is 0. The Labute approximate surface area is 143 Å². The zero-order valence-corrected chi connectivity index (χ0v) is 14.8. The topological polar surface area (TPSA) is 24.5 Å². The van der Waals surface area contributed by atoms with Crippen LogP contribution in [0, 0.1) is 6.92 Å². The van der Waals surface area contributed by atoms with Crippen molar-refractivity contribution in [3.8, 4) is 0 Å². The van der Waals surface area contributed by atoms with Gasteiger partial charge in [-0.05, 0) is 31.5 Å². The maximum Gasteiger partial charge on any atom is 0.0555 e. The summed E-state index contributed by atoms with van der Waals surface area (Å²) in [5, 5.41) is 3.62. The molecule has 1 fully saturated rings. The van der Waals surface area contributed by atoms with Crippen LogP contribution in [0.3, 0.4) is 0 Å². The Hall–Kier alpha value is -0.212. The summed E-state index contributed by atoms with van der Waals surface area (Å²) in [5.74, 6) is 0. The Morgan fingerprint density at radius 2 is 1.86 bits per heavy atom. The van der Waals surface area contributed by atoms with Crippen LogP contribution in [-0.2, 0) is 25.8 Å². The standard InChI is InChI=1S/C17H27N2O.Mo/c1-2-20-14-11-18-17(16-9-5-3-6-10-16)15-19-12-7-4-8-13-19;/h3,5-6,9-10,17-18H,1-2,4,7-8,11-15H2;/q-1;/t17-;/m0./s1. The van der Waals surface area contributed by atoms with Crippen LogP contribution >= 0.6 is 0 Å². The fourth-order valence-corrected chi connectivity index (χ4v) is 2.78. The number of hydrogen-bond donors (Lipinski definition) is 1. The van der Waals surface area contributed by atoms with Gasteiger partial charge in [0.2, 0.25) is 0 Å². The molecule has 0 radical (unpaired) electrons. The molecule has 4 heteroatoms. The number of nitrogens with one attached hydrogen (secondary N) is 1. The predicted octanol–water partition coefficient (Wildman–Crippen LogP) is 2.65. The van der Waals surface area contributed by atoms with Gasteiger partial charge < -0.3 is 21.9 Å². The van der Waals surface area contributed by atoms with Gasteiger partial charge in [-0.15, -0.1) is 0 Å². The van der Waals surface area contributed by atoms with Gasteiger partial charge >= 0.3 is 0 Å². The summed E-state index contributed by atoms with van der Waals surface area (Å²) in [4.78, 5) is 2.58. The Balaban J connectivity index is 0.00000220. The molecular weight excluding hydrogens is 344 g/mol. The third kappa shape index (κ3) is 7.06. The van der Waals surface area contributed by atoms with E-state index in [4.69, 9.17) is 4.74 Å². The maximum absolute atomic E-state index is 5.32. The zero-order chi connectivity index (χ0) is 14.0. The van der Waals surface area contributed by atoms with Crippen LogP contribution in [0.2, 0.25) is 0 Å². The molecule has 0 amide bonds. The van der Waals surface area contributed by atoms with Gasteiger partial charge in [-0.3, -0.25) is 0 Å². The van der Waals surface area contributed by atoms with E-state index in [2.05, 4.69) is 47.5 Å². The van der Waals surface area contributed by atoms with E-state index >= 15 is 0 Å². The number of hydrogen-bond acceptors (Lipinski definition) is 3. The summed E-state index contributed by atoms with van der Waals surface area (Å²) in [5.41, 5.74) is 1.37. The van der Waals surface area contributed by atoms with Crippen molar-refractivity contribution in [3.63, 3.8) is 0 Å². The van der Waals surface area contributed by atoms with Crippen molar-refractivity contribution >= 4 is 0 Å². The summed E-state index contributed by atoms with van der Waals surface area (Å²) in [6.45, 7) is 9.41. The van der Waals surface area contributed by atoms with Crippen molar-refractivity contribution in [2.24, 2.45) is 0 Å². The Kier molecular flexibility index (Phi) is 10.2. The SMILES string of the molecule is [CH2-]COCCN[C@@H](CN1CCCCC1)c1ccccc1.[Mo]. The molecule has 3 nitrogen and oxygen atoms in total. The summed E-state index contributed by atoms with van der Waals surface area (Å²) in [6, 6.07) is 11.1. The monoisotopic (exact) mass is 373 g/mol. The molecule has 0 bridgehead atoms. The van der Waals surface area contributed by atoms with Crippen molar-refractivity contribution in [3.05, 3.63) is 42.8 Å². The maximum atomic E-state index is 5.32. The van der Waals surface area contributed by atoms with Gasteiger partial charge in [-0.2, -0.15) is 0 Å². The minimum atomic E-state index is 0. The molecule has 0 aromatic heterocycles. The van der Waals surface area contributed by atoms with Crippen molar-refractivity contribution in [2.75, 3.05) is 39.4 Å². The first-order valence-electron chi connectivity index (χ1n) is 7.78. The van der Waals surface area contributed by atoms with Crippen LogP contribution in [0.15, 0.2) is 30.3 Å². The number of benzene rings is 1. The third-order valence-electron chi connectivity index (χ3n) is 3.87. The number of nitrogens with zero attached hydrogens (tertiary/aromatic N) is 1. The van der Waals surface area contributed by atoms with Gasteiger partial charge in [0.15, 0.2) is 0 Å². The van der Waals surface area contributed by atoms with Crippen LogP contribution in [-0.4, -0.2) is 44.3 Å². The van der Waals surface area contributed by atoms with Crippen molar-refractivity contribution in [2.45, 2.75) is 25.3 Å². The molecule has 1 N–H and O–H groups in total. The van der Waals surface area contributed by atoms with Crippen molar-refractivity contribution in [1.29, 1.82) is 0 Å². The van der Waals surface area contributed by atoms with E-state index in [0.717, 1.165) is 19.7 Å². The van der Waals surface area contributed by atoms with E-state index < -0.39 is 0 Å². The first-order valence-corrected chi connectivity index (χ1v) is 7.78. The second-order valence-corrected chi connectivity index (χ2v) is 5.39. The molecule has 21 heavy (non-hydrogen) atoms. The van der Waals surface area contributed by atoms with E-state index in [1.807, 2.05) is 0 Å². The second kappa shape index (κ2) is 11.4. The normalized spacial score (nSPS) is 17.2. The minimum absolute atomic E-state index is 0. The van der Waals surface area contributed by atoms with Gasteiger partial charge in [-0.1, -0.05) is 43.4 Å². The first kappa shape index (κ1) is 18.8. The second-order valence-electron chi connectivity index (χ2n) is 5.39. The average Bonchev–Trinajstić information content (AvgIpc) is 2.52. The van der Waals surface area contributed by atoms with Gasteiger partial charge in [0, 0.05) is 40.2 Å². The van der Waals surface area contributed by atoms with E-state index in [9.17, 15) is 0 Å². The molecule has 1 heterocycles. The average molecular weight is 371 g/mol. The molecule has 1 aromatic carbocycles. The molecule has 0 unspecified atom stereocenters. The first-order chi connectivity index (χ1) is 9.90. The third-order valence-corrected chi connectivity index (χ3v) is 3.87. The molecule has 0 saturated carbocycles. The molecule has 1 aliphatic heterocycles. The van der Waals surface area contributed by atoms with E-state index in [-0.39, 0.29) is 21.1 Å². The molecule has 0 spiro atoms. The molecule has 1 aliphatic rings. The van der Waals surface area contributed by atoms with Crippen LogP contribution in [0.25, 0.3) is 0 Å². The fourth-order valence-electron chi connectivity index (χ4n) is 2.78. The van der Waals surface area contributed by atoms with Crippen molar-refractivity contribution < 1.29 is 25.8 Å². The molecule has 118 valence electrons. The molecule has 1 atom stereocenters. The number of ether oxygens (including phenoxy) is 1. The van der Waals surface area contributed by atoms with Crippen molar-refractivity contribution in [1.82, 2.24) is 10.2 Å². The van der Waals surface area contributed by atoms with Gasteiger partial charge in [0.25, 0.3) is 0 Å². The van der Waals surface area contributed by atoms with Gasteiger partial charge in [0.1, 0.15) is 0 Å². The smallest absolute Gasteiger partial charge is 0.0555 e. The van der Waals surface area contributed by atoms with E-state index in [0.29, 0.717) is 12.6 Å². The van der Waals surface area contributed by atoms with Crippen LogP contribution in [0.4, 0.5) is 0 Å². The van der Waals surface area contributed by atoms with Crippen LogP contribution in [0.5, 0.6) is 0 Å². The van der Waals surface area contributed by atoms with Gasteiger partial charge in [-0.25, -0.2) is 0 Å². The molecule has 0 aliphatic carbocycles. The van der Waals surface area contributed by atoms with E-state index in [1.165, 1.54) is 37.9 Å². The quantitative estimate of drug-likeness (QED) is 0.432. The zero-order valence-electron chi connectivity index (χ0n) is 12.8. The number of likely N-dealkylation sites (tertiary alicyclic amines) is 1. The Morgan fingerprint density at radius 3 is 2.52 bits per heavy atom. The number of piperidine rings is 1. The van der Waals surface area contributed by atoms with Crippen LogP contribution in [0.1, 0.15) is 30.9 Å². The van der Waals surface area contributed by atoms with Crippen LogP contribution < -0.4 is 5.32 Å². The number of rotatable bonds is 8. The summed E-state index contributed by atoms with van der Waals surface area (Å²) < 4.78 is 5.32. The molecule has 1 aromatic rings. The summed E-state index contributed by atoms with van der Waals surface area (Å²) in [6.07, 6.45) is 4.07. The largest absolute Gasteiger partial charge is 0.412 e.